The zero-order valence-corrected chi connectivity index (χ0v) is 9.82. The highest BCUT2D eigenvalue weighted by molar-refractivity contribution is 9.11. The maximum atomic E-state index is 5.55. The Balaban J connectivity index is 2.27. The summed E-state index contributed by atoms with van der Waals surface area (Å²) in [4.78, 5) is 1.41. The average molecular weight is 272 g/mol. The molecule has 0 aliphatic heterocycles. The maximum Gasteiger partial charge on any atom is 0.0701 e. The molecule has 1 aromatic rings. The minimum atomic E-state index is 0.747. The topological polar surface area (TPSA) is 0 Å². The van der Waals surface area contributed by atoms with E-state index in [2.05, 4.69) is 28.1 Å². The molecule has 11 heavy (non-hydrogen) atoms. The van der Waals surface area contributed by atoms with Gasteiger partial charge in [0, 0.05) is 22.3 Å². The average Bonchev–Trinajstić information content (AvgIpc) is 2.37. The van der Waals surface area contributed by atoms with Crippen molar-refractivity contribution < 1.29 is 0 Å². The number of hydrogen-bond donors (Lipinski definition) is 0. The van der Waals surface area contributed by atoms with Crippen LogP contribution in [0.3, 0.4) is 0 Å². The SMILES string of the molecule is ClCCSCc1ccc(Br)s1. The van der Waals surface area contributed by atoms with Crippen LogP contribution in [0.5, 0.6) is 0 Å². The summed E-state index contributed by atoms with van der Waals surface area (Å²) < 4.78 is 1.21. The Bertz CT molecular complexity index is 212. The molecule has 1 heterocycles. The molecule has 0 N–H and O–H groups in total. The molecule has 0 radical (unpaired) electrons. The number of hydrogen-bond acceptors (Lipinski definition) is 2. The third-order valence-electron chi connectivity index (χ3n) is 1.09. The molecule has 0 bridgehead atoms. The summed E-state index contributed by atoms with van der Waals surface area (Å²) >= 11 is 12.6. The van der Waals surface area contributed by atoms with Crippen molar-refractivity contribution in [1.29, 1.82) is 0 Å². The van der Waals surface area contributed by atoms with Gasteiger partial charge < -0.3 is 0 Å². The van der Waals surface area contributed by atoms with E-state index >= 15 is 0 Å². The second kappa shape index (κ2) is 5.46. The van der Waals surface area contributed by atoms with Gasteiger partial charge in [-0.3, -0.25) is 0 Å². The van der Waals surface area contributed by atoms with Crippen LogP contribution in [0.4, 0.5) is 0 Å². The van der Waals surface area contributed by atoms with Crippen molar-refractivity contribution in [3.8, 4) is 0 Å². The lowest BCUT2D eigenvalue weighted by Gasteiger charge is -1.93. The second-order valence-corrected chi connectivity index (χ2v) is 5.98. The van der Waals surface area contributed by atoms with Gasteiger partial charge in [-0.05, 0) is 28.1 Å². The van der Waals surface area contributed by atoms with Crippen molar-refractivity contribution in [3.05, 3.63) is 20.8 Å². The molecule has 0 atom stereocenters. The van der Waals surface area contributed by atoms with E-state index in [0.29, 0.717) is 0 Å². The first-order valence-corrected chi connectivity index (χ1v) is 6.50. The molecule has 0 saturated carbocycles. The van der Waals surface area contributed by atoms with E-state index in [4.69, 9.17) is 11.6 Å². The van der Waals surface area contributed by atoms with E-state index in [0.717, 1.165) is 17.4 Å². The summed E-state index contributed by atoms with van der Waals surface area (Å²) in [6, 6.07) is 4.23. The Morgan fingerprint density at radius 3 is 2.91 bits per heavy atom. The largest absolute Gasteiger partial charge is 0.155 e. The minimum Gasteiger partial charge on any atom is -0.155 e. The highest BCUT2D eigenvalue weighted by atomic mass is 79.9. The van der Waals surface area contributed by atoms with Crippen molar-refractivity contribution in [2.75, 3.05) is 11.6 Å². The molecule has 0 nitrogen and oxygen atoms in total. The van der Waals surface area contributed by atoms with Crippen molar-refractivity contribution in [2.45, 2.75) is 5.75 Å². The van der Waals surface area contributed by atoms with Gasteiger partial charge in [0.1, 0.15) is 0 Å². The number of thiophene rings is 1. The molecule has 0 aromatic carbocycles. The molecular formula is C7H8BrClS2. The van der Waals surface area contributed by atoms with Gasteiger partial charge in [0.15, 0.2) is 0 Å². The van der Waals surface area contributed by atoms with Crippen LogP contribution in [0.15, 0.2) is 15.9 Å². The molecule has 0 unspecified atom stereocenters. The highest BCUT2D eigenvalue weighted by Gasteiger charge is 1.96. The Morgan fingerprint density at radius 1 is 1.55 bits per heavy atom. The molecule has 0 aliphatic rings. The van der Waals surface area contributed by atoms with Gasteiger partial charge in [0.05, 0.1) is 3.79 Å². The lowest BCUT2D eigenvalue weighted by atomic mass is 10.5. The van der Waals surface area contributed by atoms with E-state index in [1.54, 1.807) is 11.3 Å². The summed E-state index contributed by atoms with van der Waals surface area (Å²) in [6.07, 6.45) is 0. The molecule has 0 fully saturated rings. The summed E-state index contributed by atoms with van der Waals surface area (Å²) in [7, 11) is 0. The Morgan fingerprint density at radius 2 is 2.36 bits per heavy atom. The summed E-state index contributed by atoms with van der Waals surface area (Å²) in [5.41, 5.74) is 0. The molecule has 0 aliphatic carbocycles. The van der Waals surface area contributed by atoms with E-state index in [-0.39, 0.29) is 0 Å². The molecule has 1 aromatic heterocycles. The molecule has 0 saturated heterocycles. The van der Waals surface area contributed by atoms with Gasteiger partial charge in [0.25, 0.3) is 0 Å². The van der Waals surface area contributed by atoms with E-state index < -0.39 is 0 Å². The summed E-state index contributed by atoms with van der Waals surface area (Å²) in [6.45, 7) is 0. The monoisotopic (exact) mass is 270 g/mol. The maximum absolute atomic E-state index is 5.55. The van der Waals surface area contributed by atoms with Crippen LogP contribution in [-0.2, 0) is 5.75 Å². The lowest BCUT2D eigenvalue weighted by Crippen LogP contribution is -1.79. The van der Waals surface area contributed by atoms with Gasteiger partial charge in [-0.1, -0.05) is 0 Å². The molecule has 62 valence electrons. The van der Waals surface area contributed by atoms with E-state index in [1.807, 2.05) is 11.8 Å². The number of alkyl halides is 1. The van der Waals surface area contributed by atoms with E-state index in [9.17, 15) is 0 Å². The van der Waals surface area contributed by atoms with Crippen molar-refractivity contribution in [3.63, 3.8) is 0 Å². The van der Waals surface area contributed by atoms with Crippen molar-refractivity contribution >= 4 is 50.6 Å². The minimum absolute atomic E-state index is 0.747. The van der Waals surface area contributed by atoms with Gasteiger partial charge >= 0.3 is 0 Å². The standard InChI is InChI=1S/C7H8BrClS2/c8-7-2-1-6(11-7)5-10-4-3-9/h1-2H,3-5H2. The van der Waals surface area contributed by atoms with Gasteiger partial charge in [-0.15, -0.1) is 22.9 Å². The Hall–Kier alpha value is 0.820. The second-order valence-electron chi connectivity index (χ2n) is 1.95. The van der Waals surface area contributed by atoms with Gasteiger partial charge in [-0.2, -0.15) is 11.8 Å². The van der Waals surface area contributed by atoms with Crippen molar-refractivity contribution in [2.24, 2.45) is 0 Å². The third kappa shape index (κ3) is 3.83. The molecule has 1 rings (SSSR count). The predicted octanol–water partition coefficient (Wildman–Crippen LogP) is 3.98. The van der Waals surface area contributed by atoms with Crippen LogP contribution in [0.2, 0.25) is 0 Å². The number of halogens is 2. The predicted molar refractivity (Wildman–Crippen MR) is 58.9 cm³/mol. The van der Waals surface area contributed by atoms with Crippen LogP contribution in [0.1, 0.15) is 4.88 Å². The summed E-state index contributed by atoms with van der Waals surface area (Å²) in [5.74, 6) is 2.87. The number of thioether (sulfide) groups is 1. The first-order valence-electron chi connectivity index (χ1n) is 3.21. The first kappa shape index (κ1) is 9.90. The van der Waals surface area contributed by atoms with Gasteiger partial charge in [-0.25, -0.2) is 0 Å². The highest BCUT2D eigenvalue weighted by Crippen LogP contribution is 2.25. The molecule has 0 amide bonds. The first-order chi connectivity index (χ1) is 5.33. The fourth-order valence-corrected chi connectivity index (χ4v) is 3.30. The summed E-state index contributed by atoms with van der Waals surface area (Å²) in [5, 5.41) is 0. The van der Waals surface area contributed by atoms with Crippen molar-refractivity contribution in [1.82, 2.24) is 0 Å². The van der Waals surface area contributed by atoms with Crippen LogP contribution in [0, 0.1) is 0 Å². The quantitative estimate of drug-likeness (QED) is 0.589. The zero-order chi connectivity index (χ0) is 8.10. The fourth-order valence-electron chi connectivity index (χ4n) is 0.657. The molecule has 0 spiro atoms. The van der Waals surface area contributed by atoms with E-state index in [1.165, 1.54) is 8.66 Å². The third-order valence-corrected chi connectivity index (χ3v) is 4.32. The van der Waals surface area contributed by atoms with Crippen LogP contribution < -0.4 is 0 Å². The van der Waals surface area contributed by atoms with Crippen LogP contribution in [-0.4, -0.2) is 11.6 Å². The van der Waals surface area contributed by atoms with Crippen LogP contribution in [0.25, 0.3) is 0 Å². The molecule has 4 heteroatoms. The van der Waals surface area contributed by atoms with Gasteiger partial charge in [0.2, 0.25) is 0 Å². The Labute approximate surface area is 88.5 Å². The molecular weight excluding hydrogens is 264 g/mol. The normalized spacial score (nSPS) is 10.4. The smallest absolute Gasteiger partial charge is 0.0701 e. The number of rotatable bonds is 4. The zero-order valence-electron chi connectivity index (χ0n) is 5.85. The van der Waals surface area contributed by atoms with Crippen LogP contribution >= 0.6 is 50.6 Å². The lowest BCUT2D eigenvalue weighted by molar-refractivity contribution is 1.48. The Kier molecular flexibility index (Phi) is 4.92. The fraction of sp³-hybridized carbons (Fsp3) is 0.429.